The highest BCUT2D eigenvalue weighted by Gasteiger charge is 2.38. The van der Waals surface area contributed by atoms with Gasteiger partial charge in [0.1, 0.15) is 0 Å². The Morgan fingerprint density at radius 2 is 1.30 bits per heavy atom. The van der Waals surface area contributed by atoms with Crippen molar-refractivity contribution in [2.75, 3.05) is 6.61 Å². The maximum Gasteiger partial charge on any atom is 0.0880 e. The number of hydrogen-bond donors (Lipinski definition) is 2. The molecule has 0 spiro atoms. The van der Waals surface area contributed by atoms with E-state index in [4.69, 9.17) is 0 Å². The summed E-state index contributed by atoms with van der Waals surface area (Å²) in [7, 11) is -1.91. The minimum absolute atomic E-state index is 0.110. The van der Waals surface area contributed by atoms with Crippen LogP contribution in [-0.4, -0.2) is 19.8 Å². The Morgan fingerprint density at radius 3 is 1.85 bits per heavy atom. The fourth-order valence-electron chi connectivity index (χ4n) is 3.81. The molecule has 27 heavy (non-hydrogen) atoms. The van der Waals surface area contributed by atoms with Crippen molar-refractivity contribution in [3.05, 3.63) is 102 Å². The van der Waals surface area contributed by atoms with Crippen LogP contribution in [0.15, 0.2) is 91.0 Å². The topological polar surface area (TPSA) is 32.3 Å². The Bertz CT molecular complexity index is 806. The average molecular weight is 376 g/mol. The van der Waals surface area contributed by atoms with Gasteiger partial charge >= 0.3 is 0 Å². The molecule has 0 aliphatic heterocycles. The first-order valence-electron chi connectivity index (χ1n) is 9.61. The number of hydrogen-bond acceptors (Lipinski definition) is 2. The van der Waals surface area contributed by atoms with Crippen LogP contribution in [0.2, 0.25) is 18.6 Å². The molecule has 0 radical (unpaired) electrons. The molecule has 0 unspecified atom stereocenters. The van der Waals surface area contributed by atoms with Crippen LogP contribution in [0.25, 0.3) is 0 Å². The molecule has 0 bridgehead atoms. The molecule has 140 valence electrons. The molecule has 0 fully saturated rings. The number of rotatable bonds is 8. The monoisotopic (exact) mass is 375 g/mol. The van der Waals surface area contributed by atoms with E-state index in [9.17, 15) is 5.11 Å². The van der Waals surface area contributed by atoms with E-state index < -0.39 is 8.07 Å². The normalized spacial score (nSPS) is 13.9. The van der Waals surface area contributed by atoms with Gasteiger partial charge in [0, 0.05) is 24.7 Å². The zero-order valence-corrected chi connectivity index (χ0v) is 17.2. The molecule has 2 N–H and O–H groups in total. The standard InChI is InChI=1S/C24H29NOSi/c1-27(2,22-16-10-5-11-17-22)23(19-26)24(21-14-8-4-9-15-21)25-18-20-12-6-3-7-13-20/h3-17,23-26H,18-19H2,1-2H3/t23-,24-/m0/s1. The van der Waals surface area contributed by atoms with Crippen molar-refractivity contribution in [1.82, 2.24) is 5.32 Å². The van der Waals surface area contributed by atoms with Crippen molar-refractivity contribution < 1.29 is 5.11 Å². The van der Waals surface area contributed by atoms with Crippen molar-refractivity contribution in [2.45, 2.75) is 31.2 Å². The van der Waals surface area contributed by atoms with Crippen LogP contribution in [0, 0.1) is 0 Å². The fraction of sp³-hybridized carbons (Fsp3) is 0.250. The van der Waals surface area contributed by atoms with Gasteiger partial charge in [0.15, 0.2) is 0 Å². The number of nitrogens with one attached hydrogen (secondary N) is 1. The first-order chi connectivity index (χ1) is 13.1. The molecular formula is C24H29NOSi. The van der Waals surface area contributed by atoms with Gasteiger partial charge in [-0.15, -0.1) is 0 Å². The quantitative estimate of drug-likeness (QED) is 0.568. The van der Waals surface area contributed by atoms with Crippen molar-refractivity contribution in [3.8, 4) is 0 Å². The van der Waals surface area contributed by atoms with Gasteiger partial charge in [0.25, 0.3) is 0 Å². The summed E-state index contributed by atoms with van der Waals surface area (Å²) in [6.45, 7) is 5.69. The second kappa shape index (κ2) is 9.13. The summed E-state index contributed by atoms with van der Waals surface area (Å²) < 4.78 is 0. The second-order valence-corrected chi connectivity index (χ2v) is 12.4. The SMILES string of the molecule is C[Si](C)(c1ccccc1)[C@@H](CO)[C@@H](NCc1ccccc1)c1ccccc1. The van der Waals surface area contributed by atoms with Gasteiger partial charge in [-0.3, -0.25) is 0 Å². The first-order valence-corrected chi connectivity index (χ1v) is 12.7. The molecule has 0 aliphatic rings. The van der Waals surface area contributed by atoms with Crippen molar-refractivity contribution in [3.63, 3.8) is 0 Å². The first kappa shape index (κ1) is 19.6. The predicted octanol–water partition coefficient (Wildman–Crippen LogP) is 4.50. The smallest absolute Gasteiger partial charge is 0.0880 e. The molecule has 3 heteroatoms. The van der Waals surface area contributed by atoms with Gasteiger partial charge in [-0.05, 0) is 11.1 Å². The summed E-state index contributed by atoms with van der Waals surface area (Å²) in [5.74, 6) is 0. The zero-order valence-electron chi connectivity index (χ0n) is 16.2. The van der Waals surface area contributed by atoms with Crippen LogP contribution in [-0.2, 0) is 6.54 Å². The third kappa shape index (κ3) is 4.75. The third-order valence-corrected chi connectivity index (χ3v) is 9.76. The average Bonchev–Trinajstić information content (AvgIpc) is 2.73. The third-order valence-electron chi connectivity index (χ3n) is 5.57. The molecule has 0 heterocycles. The minimum Gasteiger partial charge on any atom is -0.396 e. The molecule has 2 nitrogen and oxygen atoms in total. The van der Waals surface area contributed by atoms with E-state index in [-0.39, 0.29) is 18.2 Å². The largest absolute Gasteiger partial charge is 0.396 e. The lowest BCUT2D eigenvalue weighted by Gasteiger charge is -2.38. The van der Waals surface area contributed by atoms with Crippen LogP contribution in [0.4, 0.5) is 0 Å². The van der Waals surface area contributed by atoms with E-state index in [0.29, 0.717) is 0 Å². The van der Waals surface area contributed by atoms with Crippen LogP contribution in [0.5, 0.6) is 0 Å². The van der Waals surface area contributed by atoms with Crippen molar-refractivity contribution >= 4 is 13.3 Å². The van der Waals surface area contributed by atoms with Crippen LogP contribution in [0.1, 0.15) is 17.2 Å². The molecular weight excluding hydrogens is 346 g/mol. The molecule has 0 aromatic heterocycles. The van der Waals surface area contributed by atoms with Gasteiger partial charge in [0.2, 0.25) is 0 Å². The fourth-order valence-corrected chi connectivity index (χ4v) is 6.89. The Labute approximate surface area is 163 Å². The Kier molecular flexibility index (Phi) is 6.62. The molecule has 2 atom stereocenters. The Morgan fingerprint density at radius 1 is 0.778 bits per heavy atom. The van der Waals surface area contributed by atoms with Gasteiger partial charge in [-0.25, -0.2) is 0 Å². The van der Waals surface area contributed by atoms with Crippen molar-refractivity contribution in [1.29, 1.82) is 0 Å². The lowest BCUT2D eigenvalue weighted by molar-refractivity contribution is 0.261. The number of aliphatic hydroxyl groups excluding tert-OH is 1. The second-order valence-electron chi connectivity index (χ2n) is 7.63. The highest BCUT2D eigenvalue weighted by molar-refractivity contribution is 6.91. The molecule has 3 rings (SSSR count). The van der Waals surface area contributed by atoms with Gasteiger partial charge < -0.3 is 10.4 Å². The van der Waals surface area contributed by atoms with E-state index in [2.05, 4.69) is 97.3 Å². The van der Waals surface area contributed by atoms with E-state index >= 15 is 0 Å². The molecule has 0 saturated carbocycles. The van der Waals surface area contributed by atoms with E-state index in [0.717, 1.165) is 6.54 Å². The summed E-state index contributed by atoms with van der Waals surface area (Å²) in [6, 6.07) is 31.8. The highest BCUT2D eigenvalue weighted by Crippen LogP contribution is 2.35. The minimum atomic E-state index is -1.91. The van der Waals surface area contributed by atoms with E-state index in [1.54, 1.807) is 0 Å². The number of aliphatic hydroxyl groups is 1. The van der Waals surface area contributed by atoms with E-state index in [1.807, 2.05) is 12.1 Å². The zero-order chi connectivity index (χ0) is 19.1. The molecule has 0 amide bonds. The Hall–Kier alpha value is -2.20. The van der Waals surface area contributed by atoms with Gasteiger partial charge in [0.05, 0.1) is 8.07 Å². The summed E-state index contributed by atoms with van der Waals surface area (Å²) in [6.07, 6.45) is 0. The molecule has 0 aliphatic carbocycles. The summed E-state index contributed by atoms with van der Waals surface area (Å²) in [4.78, 5) is 0. The Balaban J connectivity index is 1.92. The van der Waals surface area contributed by atoms with Gasteiger partial charge in [-0.1, -0.05) is 109 Å². The summed E-state index contributed by atoms with van der Waals surface area (Å²) in [5.41, 5.74) is 2.67. The van der Waals surface area contributed by atoms with Gasteiger partial charge in [-0.2, -0.15) is 0 Å². The molecule has 3 aromatic carbocycles. The van der Waals surface area contributed by atoms with Crippen LogP contribution < -0.4 is 10.5 Å². The van der Waals surface area contributed by atoms with Crippen LogP contribution in [0.3, 0.4) is 0 Å². The van der Waals surface area contributed by atoms with Crippen LogP contribution >= 0.6 is 0 Å². The lowest BCUT2D eigenvalue weighted by Crippen LogP contribution is -2.51. The lowest BCUT2D eigenvalue weighted by atomic mass is 10.0. The maximum absolute atomic E-state index is 10.4. The molecule has 0 saturated heterocycles. The summed E-state index contributed by atoms with van der Waals surface area (Å²) in [5, 5.41) is 15.6. The van der Waals surface area contributed by atoms with E-state index in [1.165, 1.54) is 16.3 Å². The number of benzene rings is 3. The predicted molar refractivity (Wildman–Crippen MR) is 117 cm³/mol. The van der Waals surface area contributed by atoms with Crippen molar-refractivity contribution in [2.24, 2.45) is 0 Å². The highest BCUT2D eigenvalue weighted by atomic mass is 28.3. The maximum atomic E-state index is 10.4. The summed E-state index contributed by atoms with van der Waals surface area (Å²) >= 11 is 0. The molecule has 3 aromatic rings.